The number of hydrogen-bond acceptors (Lipinski definition) is 3. The van der Waals surface area contributed by atoms with Crippen molar-refractivity contribution >= 4 is 34.1 Å². The monoisotopic (exact) mass is 381 g/mol. The lowest BCUT2D eigenvalue weighted by molar-refractivity contribution is -0.130. The van der Waals surface area contributed by atoms with E-state index in [0.29, 0.717) is 11.6 Å². The molecule has 136 valence electrons. The van der Waals surface area contributed by atoms with E-state index < -0.39 is 0 Å². The molecule has 0 bridgehead atoms. The van der Waals surface area contributed by atoms with E-state index in [-0.39, 0.29) is 17.8 Å². The molecule has 1 aliphatic rings. The van der Waals surface area contributed by atoms with Crippen LogP contribution in [-0.4, -0.2) is 21.6 Å². The van der Waals surface area contributed by atoms with Gasteiger partial charge in [0.15, 0.2) is 0 Å². The lowest BCUT2D eigenvalue weighted by Crippen LogP contribution is -2.24. The first kappa shape index (κ1) is 17.6. The first-order chi connectivity index (χ1) is 12.9. The molecule has 1 amide bonds. The van der Waals surface area contributed by atoms with Gasteiger partial charge in [0.1, 0.15) is 11.0 Å². The molecule has 0 spiro atoms. The molecule has 1 aromatic heterocycles. The van der Waals surface area contributed by atoms with E-state index in [9.17, 15) is 9.18 Å². The Kier molecular flexibility index (Phi) is 4.40. The fourth-order valence-electron chi connectivity index (χ4n) is 3.36. The topological polar surface area (TPSA) is 45.6 Å². The van der Waals surface area contributed by atoms with Gasteiger partial charge in [0.2, 0.25) is 5.91 Å². The van der Waals surface area contributed by atoms with Gasteiger partial charge in [-0.1, -0.05) is 35.9 Å². The largest absolute Gasteiger partial charge is 0.273 e. The zero-order valence-corrected chi connectivity index (χ0v) is 15.7. The first-order valence-corrected chi connectivity index (χ1v) is 9.00. The maximum Gasteiger partial charge on any atom is 0.240 e. The number of amides is 1. The summed E-state index contributed by atoms with van der Waals surface area (Å²) in [6.07, 6.45) is 0.490. The summed E-state index contributed by atoms with van der Waals surface area (Å²) in [5, 5.41) is 7.22. The fraction of sp³-hybridized carbons (Fsp3) is 0.190. The Balaban J connectivity index is 1.76. The Morgan fingerprint density at radius 3 is 2.63 bits per heavy atom. The van der Waals surface area contributed by atoms with E-state index in [0.717, 1.165) is 33.3 Å². The normalized spacial score (nSPS) is 16.7. The number of rotatable bonds is 2. The van der Waals surface area contributed by atoms with Crippen molar-refractivity contribution < 1.29 is 9.18 Å². The zero-order valence-electron chi connectivity index (χ0n) is 14.9. The van der Waals surface area contributed by atoms with Crippen LogP contribution in [0.1, 0.15) is 36.1 Å². The lowest BCUT2D eigenvalue weighted by Gasteiger charge is -2.21. The maximum atomic E-state index is 13.2. The molecule has 4 rings (SSSR count). The van der Waals surface area contributed by atoms with Crippen molar-refractivity contribution in [2.24, 2.45) is 5.10 Å². The number of benzene rings is 2. The van der Waals surface area contributed by atoms with Crippen molar-refractivity contribution in [1.29, 1.82) is 0 Å². The fourth-order valence-corrected chi connectivity index (χ4v) is 3.63. The van der Waals surface area contributed by atoms with E-state index in [1.54, 1.807) is 12.1 Å². The van der Waals surface area contributed by atoms with Crippen molar-refractivity contribution in [1.82, 2.24) is 9.99 Å². The standard InChI is InChI=1S/C21H17ClFN3O/c1-12-3-4-15-10-17(21(22)24-18(15)9-12)20-11-19(25-26(20)13(2)27)14-5-7-16(23)8-6-14/h3-10,20H,11H2,1-2H3/t20-/m0/s1. The molecule has 1 aliphatic heterocycles. The van der Waals surface area contributed by atoms with Crippen LogP contribution in [0.5, 0.6) is 0 Å². The van der Waals surface area contributed by atoms with Crippen LogP contribution in [0.15, 0.2) is 53.6 Å². The van der Waals surface area contributed by atoms with Crippen LogP contribution in [-0.2, 0) is 4.79 Å². The molecule has 4 nitrogen and oxygen atoms in total. The second kappa shape index (κ2) is 6.74. The number of aromatic nitrogens is 1. The summed E-state index contributed by atoms with van der Waals surface area (Å²) in [6.45, 7) is 3.47. The minimum Gasteiger partial charge on any atom is -0.273 e. The van der Waals surface area contributed by atoms with Crippen molar-refractivity contribution in [2.75, 3.05) is 0 Å². The third-order valence-corrected chi connectivity index (χ3v) is 5.03. The third-order valence-electron chi connectivity index (χ3n) is 4.72. The third kappa shape index (κ3) is 3.30. The van der Waals surface area contributed by atoms with Gasteiger partial charge in [0, 0.05) is 24.3 Å². The molecule has 6 heteroatoms. The molecule has 1 atom stereocenters. The van der Waals surface area contributed by atoms with Gasteiger partial charge in [-0.05, 0) is 42.3 Å². The zero-order chi connectivity index (χ0) is 19.1. The quantitative estimate of drug-likeness (QED) is 0.584. The van der Waals surface area contributed by atoms with Crippen LogP contribution in [0.3, 0.4) is 0 Å². The highest BCUT2D eigenvalue weighted by atomic mass is 35.5. The molecule has 2 aromatic carbocycles. The Morgan fingerprint density at radius 2 is 1.93 bits per heavy atom. The Bertz CT molecular complexity index is 1080. The van der Waals surface area contributed by atoms with Crippen LogP contribution in [0, 0.1) is 12.7 Å². The van der Waals surface area contributed by atoms with Gasteiger partial charge in [-0.2, -0.15) is 5.10 Å². The van der Waals surface area contributed by atoms with E-state index in [1.165, 1.54) is 24.1 Å². The highest BCUT2D eigenvalue weighted by Crippen LogP contribution is 2.37. The van der Waals surface area contributed by atoms with Crippen LogP contribution >= 0.6 is 11.6 Å². The Hall–Kier alpha value is -2.79. The van der Waals surface area contributed by atoms with Gasteiger partial charge in [-0.25, -0.2) is 14.4 Å². The number of hydrogen-bond donors (Lipinski definition) is 0. The summed E-state index contributed by atoms with van der Waals surface area (Å²) in [5.41, 5.74) is 4.17. The highest BCUT2D eigenvalue weighted by Gasteiger charge is 2.33. The number of nitrogens with zero attached hydrogens (tertiary/aromatic N) is 3. The average Bonchev–Trinajstić information content (AvgIpc) is 3.07. The van der Waals surface area contributed by atoms with Crippen molar-refractivity contribution in [2.45, 2.75) is 26.3 Å². The average molecular weight is 382 g/mol. The number of hydrazone groups is 1. The maximum absolute atomic E-state index is 13.2. The highest BCUT2D eigenvalue weighted by molar-refractivity contribution is 6.30. The van der Waals surface area contributed by atoms with Gasteiger partial charge in [0.25, 0.3) is 0 Å². The number of halogens is 2. The Labute approximate surface area is 161 Å². The predicted molar refractivity (Wildman–Crippen MR) is 104 cm³/mol. The van der Waals surface area contributed by atoms with Crippen LogP contribution < -0.4 is 0 Å². The van der Waals surface area contributed by atoms with E-state index >= 15 is 0 Å². The number of aryl methyl sites for hydroxylation is 1. The summed E-state index contributed by atoms with van der Waals surface area (Å²) in [7, 11) is 0. The van der Waals surface area contributed by atoms with Crippen molar-refractivity contribution in [3.63, 3.8) is 0 Å². The molecule has 0 aliphatic carbocycles. The number of carbonyl (C=O) groups is 1. The smallest absolute Gasteiger partial charge is 0.240 e. The van der Waals surface area contributed by atoms with E-state index in [1.807, 2.05) is 31.2 Å². The van der Waals surface area contributed by atoms with Crippen LogP contribution in [0.4, 0.5) is 4.39 Å². The van der Waals surface area contributed by atoms with Crippen molar-refractivity contribution in [3.05, 3.63) is 76.2 Å². The summed E-state index contributed by atoms with van der Waals surface area (Å²) in [4.78, 5) is 16.7. The summed E-state index contributed by atoms with van der Waals surface area (Å²) >= 11 is 6.47. The van der Waals surface area contributed by atoms with Gasteiger partial charge in [-0.3, -0.25) is 4.79 Å². The minimum absolute atomic E-state index is 0.183. The van der Waals surface area contributed by atoms with Gasteiger partial charge >= 0.3 is 0 Å². The van der Waals surface area contributed by atoms with Crippen LogP contribution in [0.25, 0.3) is 10.9 Å². The van der Waals surface area contributed by atoms with Gasteiger partial charge in [-0.15, -0.1) is 0 Å². The second-order valence-corrected chi connectivity index (χ2v) is 7.06. The van der Waals surface area contributed by atoms with Gasteiger partial charge in [0.05, 0.1) is 17.3 Å². The molecule has 27 heavy (non-hydrogen) atoms. The molecule has 3 aromatic rings. The van der Waals surface area contributed by atoms with Gasteiger partial charge < -0.3 is 0 Å². The molecule has 0 fully saturated rings. The summed E-state index contributed by atoms with van der Waals surface area (Å²) < 4.78 is 13.2. The molecule has 0 saturated heterocycles. The first-order valence-electron chi connectivity index (χ1n) is 8.62. The number of pyridine rings is 1. The van der Waals surface area contributed by atoms with E-state index in [2.05, 4.69) is 10.1 Å². The number of fused-ring (bicyclic) bond motifs is 1. The Morgan fingerprint density at radius 1 is 1.19 bits per heavy atom. The van der Waals surface area contributed by atoms with Crippen molar-refractivity contribution in [3.8, 4) is 0 Å². The molecule has 0 radical (unpaired) electrons. The lowest BCUT2D eigenvalue weighted by atomic mass is 9.98. The SMILES string of the molecule is CC(=O)N1N=C(c2ccc(F)cc2)C[C@H]1c1cc2ccc(C)cc2nc1Cl. The molecule has 0 saturated carbocycles. The molecule has 2 heterocycles. The molecular weight excluding hydrogens is 365 g/mol. The minimum atomic E-state index is -0.340. The molecular formula is C21H17ClFN3O. The number of carbonyl (C=O) groups excluding carboxylic acids is 1. The van der Waals surface area contributed by atoms with Crippen LogP contribution in [0.2, 0.25) is 5.15 Å². The summed E-state index contributed by atoms with van der Waals surface area (Å²) in [5.74, 6) is -0.494. The predicted octanol–water partition coefficient (Wildman–Crippen LogP) is 5.03. The summed E-state index contributed by atoms with van der Waals surface area (Å²) in [6, 6.07) is 13.7. The molecule has 0 N–H and O–H groups in total. The van der Waals surface area contributed by atoms with E-state index in [4.69, 9.17) is 11.6 Å². The second-order valence-electron chi connectivity index (χ2n) is 6.70. The molecule has 0 unspecified atom stereocenters.